The number of benzene rings is 2. The zero-order valence-electron chi connectivity index (χ0n) is 16.3. The van der Waals surface area contributed by atoms with E-state index in [2.05, 4.69) is 10.6 Å². The molecular formula is C20H20ClN3O6. The molecule has 9 nitrogen and oxygen atoms in total. The maximum atomic E-state index is 12.5. The summed E-state index contributed by atoms with van der Waals surface area (Å²) in [4.78, 5) is 47.0. The van der Waals surface area contributed by atoms with Crippen LogP contribution < -0.4 is 10.6 Å². The average molecular weight is 434 g/mol. The molecule has 0 bridgehead atoms. The van der Waals surface area contributed by atoms with Crippen molar-refractivity contribution in [2.75, 3.05) is 11.9 Å². The van der Waals surface area contributed by atoms with E-state index in [4.69, 9.17) is 16.3 Å². The van der Waals surface area contributed by atoms with Gasteiger partial charge in [-0.3, -0.25) is 19.7 Å². The average Bonchev–Trinajstić information content (AvgIpc) is 2.70. The molecule has 0 aliphatic heterocycles. The zero-order chi connectivity index (χ0) is 22.3. The molecule has 0 saturated carbocycles. The quantitative estimate of drug-likeness (QED) is 0.374. The molecule has 0 spiro atoms. The number of amides is 2. The molecule has 158 valence electrons. The number of carbonyl (C=O) groups is 3. The lowest BCUT2D eigenvalue weighted by Crippen LogP contribution is -2.46. The zero-order valence-corrected chi connectivity index (χ0v) is 17.0. The second-order valence-corrected chi connectivity index (χ2v) is 7.05. The number of nitro benzene ring substituents is 1. The summed E-state index contributed by atoms with van der Waals surface area (Å²) < 4.78 is 5.03. The van der Waals surface area contributed by atoms with Crippen LogP contribution in [0.4, 0.5) is 11.4 Å². The summed E-state index contributed by atoms with van der Waals surface area (Å²) in [7, 11) is 0. The minimum atomic E-state index is -1.05. The number of hydrogen-bond donors (Lipinski definition) is 2. The van der Waals surface area contributed by atoms with Crippen molar-refractivity contribution in [2.24, 2.45) is 5.92 Å². The molecule has 0 aliphatic carbocycles. The predicted molar refractivity (Wildman–Crippen MR) is 110 cm³/mol. The second kappa shape index (κ2) is 10.4. The smallest absolute Gasteiger partial charge is 0.329 e. The number of ether oxygens (including phenoxy) is 1. The van der Waals surface area contributed by atoms with Crippen LogP contribution in [0.5, 0.6) is 0 Å². The lowest BCUT2D eigenvalue weighted by Gasteiger charge is -2.21. The molecular weight excluding hydrogens is 414 g/mol. The van der Waals surface area contributed by atoms with Crippen molar-refractivity contribution in [3.8, 4) is 0 Å². The highest BCUT2D eigenvalue weighted by Gasteiger charge is 2.28. The third kappa shape index (κ3) is 6.28. The Labute approximate surface area is 177 Å². The molecule has 0 heterocycles. The van der Waals surface area contributed by atoms with Crippen LogP contribution in [-0.2, 0) is 14.3 Å². The van der Waals surface area contributed by atoms with Gasteiger partial charge in [-0.25, -0.2) is 4.79 Å². The Bertz CT molecular complexity index is 949. The van der Waals surface area contributed by atoms with E-state index < -0.39 is 35.4 Å². The number of halogens is 1. The number of non-ortho nitro benzene ring substituents is 1. The monoisotopic (exact) mass is 433 g/mol. The molecule has 1 unspecified atom stereocenters. The van der Waals surface area contributed by atoms with Gasteiger partial charge < -0.3 is 15.4 Å². The molecule has 0 fully saturated rings. The minimum Gasteiger partial charge on any atom is -0.454 e. The highest BCUT2D eigenvalue weighted by molar-refractivity contribution is 6.34. The van der Waals surface area contributed by atoms with Gasteiger partial charge in [-0.2, -0.15) is 0 Å². The summed E-state index contributed by atoms with van der Waals surface area (Å²) in [6.07, 6.45) is 0. The topological polar surface area (TPSA) is 128 Å². The van der Waals surface area contributed by atoms with E-state index in [0.29, 0.717) is 5.69 Å². The summed E-state index contributed by atoms with van der Waals surface area (Å²) in [5, 5.41) is 15.7. The van der Waals surface area contributed by atoms with Gasteiger partial charge in [0.25, 0.3) is 17.5 Å². The Morgan fingerprint density at radius 2 is 1.80 bits per heavy atom. The highest BCUT2D eigenvalue weighted by Crippen LogP contribution is 2.22. The summed E-state index contributed by atoms with van der Waals surface area (Å²) in [5.74, 6) is -2.36. The standard InChI is InChI=1S/C20H20ClN3O6/c1-12(2)18(20(27)30-11-17(25)22-13-6-4-3-5-7-13)23-19(26)15-9-8-14(24(28)29)10-16(15)21/h3-10,12,18H,11H2,1-2H3,(H,22,25)(H,23,26). The van der Waals surface area contributed by atoms with E-state index in [1.807, 2.05) is 0 Å². The second-order valence-electron chi connectivity index (χ2n) is 6.64. The van der Waals surface area contributed by atoms with Crippen molar-refractivity contribution in [1.29, 1.82) is 0 Å². The number of nitrogens with zero attached hydrogens (tertiary/aromatic N) is 1. The highest BCUT2D eigenvalue weighted by atomic mass is 35.5. The Morgan fingerprint density at radius 1 is 1.13 bits per heavy atom. The van der Waals surface area contributed by atoms with Crippen molar-refractivity contribution in [3.05, 3.63) is 69.2 Å². The van der Waals surface area contributed by atoms with Crippen molar-refractivity contribution < 1.29 is 24.0 Å². The van der Waals surface area contributed by atoms with Gasteiger partial charge in [-0.15, -0.1) is 0 Å². The normalized spacial score (nSPS) is 11.5. The fraction of sp³-hybridized carbons (Fsp3) is 0.250. The number of para-hydroxylation sites is 1. The molecule has 2 rings (SSSR count). The van der Waals surface area contributed by atoms with Crippen LogP contribution in [-0.4, -0.2) is 35.4 Å². The first-order valence-corrected chi connectivity index (χ1v) is 9.33. The SMILES string of the molecule is CC(C)C(NC(=O)c1ccc([N+](=O)[O-])cc1Cl)C(=O)OCC(=O)Nc1ccccc1. The number of rotatable bonds is 8. The van der Waals surface area contributed by atoms with Gasteiger partial charge >= 0.3 is 5.97 Å². The lowest BCUT2D eigenvalue weighted by molar-refractivity contribution is -0.384. The van der Waals surface area contributed by atoms with Gasteiger partial charge in [-0.05, 0) is 24.1 Å². The molecule has 1 atom stereocenters. The maximum Gasteiger partial charge on any atom is 0.329 e. The molecule has 10 heteroatoms. The fourth-order valence-electron chi connectivity index (χ4n) is 2.46. The summed E-state index contributed by atoms with van der Waals surface area (Å²) >= 11 is 5.96. The summed E-state index contributed by atoms with van der Waals surface area (Å²) in [6.45, 7) is 2.85. The maximum absolute atomic E-state index is 12.5. The van der Waals surface area contributed by atoms with Crippen LogP contribution in [0.15, 0.2) is 48.5 Å². The first kappa shape index (κ1) is 22.8. The van der Waals surface area contributed by atoms with Crippen molar-refractivity contribution in [3.63, 3.8) is 0 Å². The Kier molecular flexibility index (Phi) is 7.88. The number of nitro groups is 1. The number of nitrogens with one attached hydrogen (secondary N) is 2. The van der Waals surface area contributed by atoms with E-state index in [0.717, 1.165) is 12.1 Å². The van der Waals surface area contributed by atoms with Crippen molar-refractivity contribution in [1.82, 2.24) is 5.32 Å². The van der Waals surface area contributed by atoms with Gasteiger partial charge in [-0.1, -0.05) is 43.6 Å². The molecule has 0 saturated heterocycles. The summed E-state index contributed by atoms with van der Waals surface area (Å²) in [6, 6.07) is 11.0. The first-order chi connectivity index (χ1) is 14.2. The van der Waals surface area contributed by atoms with Crippen molar-refractivity contribution >= 4 is 40.8 Å². The van der Waals surface area contributed by atoms with Crippen LogP contribution in [0.2, 0.25) is 5.02 Å². The third-order valence-electron chi connectivity index (χ3n) is 4.02. The van der Waals surface area contributed by atoms with E-state index >= 15 is 0 Å². The van der Waals surface area contributed by atoms with Crippen LogP contribution >= 0.6 is 11.6 Å². The van der Waals surface area contributed by atoms with Gasteiger partial charge in [0.2, 0.25) is 0 Å². The van der Waals surface area contributed by atoms with Crippen LogP contribution in [0.3, 0.4) is 0 Å². The van der Waals surface area contributed by atoms with Crippen LogP contribution in [0.25, 0.3) is 0 Å². The molecule has 2 amide bonds. The van der Waals surface area contributed by atoms with Gasteiger partial charge in [0.1, 0.15) is 6.04 Å². The lowest BCUT2D eigenvalue weighted by atomic mass is 10.0. The van der Waals surface area contributed by atoms with Gasteiger partial charge in [0.15, 0.2) is 6.61 Å². The van der Waals surface area contributed by atoms with Crippen LogP contribution in [0, 0.1) is 16.0 Å². The molecule has 0 aromatic heterocycles. The largest absolute Gasteiger partial charge is 0.454 e. The molecule has 2 aromatic carbocycles. The summed E-state index contributed by atoms with van der Waals surface area (Å²) in [5.41, 5.74) is 0.267. The number of carbonyl (C=O) groups excluding carboxylic acids is 3. The van der Waals surface area contributed by atoms with E-state index in [1.54, 1.807) is 44.2 Å². The molecule has 0 aliphatic rings. The number of hydrogen-bond acceptors (Lipinski definition) is 6. The molecule has 2 aromatic rings. The molecule has 30 heavy (non-hydrogen) atoms. The molecule has 0 radical (unpaired) electrons. The number of esters is 1. The van der Waals surface area contributed by atoms with Gasteiger partial charge in [0, 0.05) is 17.8 Å². The van der Waals surface area contributed by atoms with Crippen molar-refractivity contribution in [2.45, 2.75) is 19.9 Å². The third-order valence-corrected chi connectivity index (χ3v) is 4.33. The Morgan fingerprint density at radius 3 is 2.37 bits per heavy atom. The number of anilines is 1. The van der Waals surface area contributed by atoms with E-state index in [9.17, 15) is 24.5 Å². The molecule has 2 N–H and O–H groups in total. The van der Waals surface area contributed by atoms with E-state index in [-0.39, 0.29) is 22.2 Å². The van der Waals surface area contributed by atoms with Crippen LogP contribution in [0.1, 0.15) is 24.2 Å². The first-order valence-electron chi connectivity index (χ1n) is 8.95. The van der Waals surface area contributed by atoms with Gasteiger partial charge in [0.05, 0.1) is 15.5 Å². The predicted octanol–water partition coefficient (Wildman–Crippen LogP) is 3.18. The minimum absolute atomic E-state index is 0.0254. The fourth-order valence-corrected chi connectivity index (χ4v) is 2.72. The Hall–Kier alpha value is -3.46. The van der Waals surface area contributed by atoms with E-state index in [1.165, 1.54) is 6.07 Å². The Balaban J connectivity index is 1.99.